The quantitative estimate of drug-likeness (QED) is 0.849. The number of nitrogens with two attached hydrogens (primary N) is 1. The molecule has 2 N–H and O–H groups in total. The summed E-state index contributed by atoms with van der Waals surface area (Å²) in [6.45, 7) is -1.21. The van der Waals surface area contributed by atoms with Crippen molar-refractivity contribution >= 4 is 5.91 Å². The summed E-state index contributed by atoms with van der Waals surface area (Å²) in [5, 5.41) is 0. The number of ether oxygens (including phenoxy) is 2. The molecular formula is C14H15F2N3O3. The van der Waals surface area contributed by atoms with E-state index in [1.54, 1.807) is 24.3 Å². The number of nitrogens with zero attached hydrogens (tertiary/aromatic N) is 2. The first-order chi connectivity index (χ1) is 10.5. The second-order valence-electron chi connectivity index (χ2n) is 4.45. The standard InChI is InChI=1S/C14H15F2N3O3/c1-9(13(17)20)22-11-4-2-10(3-5-11)21-8-12-18-6-7-19(12)14(15)16/h2-7,9,14H,8H2,1H3,(H2,17,20)/t9-/m1/s1. The van der Waals surface area contributed by atoms with E-state index in [2.05, 4.69) is 4.98 Å². The van der Waals surface area contributed by atoms with Crippen LogP contribution in [0.5, 0.6) is 11.5 Å². The minimum absolute atomic E-state index is 0.0881. The normalized spacial score (nSPS) is 12.2. The van der Waals surface area contributed by atoms with Crippen LogP contribution in [0.3, 0.4) is 0 Å². The molecule has 0 radical (unpaired) electrons. The highest BCUT2D eigenvalue weighted by Gasteiger charge is 2.12. The first kappa shape index (κ1) is 15.7. The van der Waals surface area contributed by atoms with E-state index in [-0.39, 0.29) is 12.4 Å². The Balaban J connectivity index is 1.94. The number of amides is 1. The number of hydrogen-bond donors (Lipinski definition) is 1. The Morgan fingerprint density at radius 2 is 1.95 bits per heavy atom. The van der Waals surface area contributed by atoms with Crippen LogP contribution in [0.1, 0.15) is 19.3 Å². The van der Waals surface area contributed by atoms with Crippen LogP contribution in [0.15, 0.2) is 36.7 Å². The molecule has 2 aromatic rings. The smallest absolute Gasteiger partial charge is 0.320 e. The third-order valence-electron chi connectivity index (χ3n) is 2.86. The topological polar surface area (TPSA) is 79.4 Å². The van der Waals surface area contributed by atoms with Crippen LogP contribution >= 0.6 is 0 Å². The Labute approximate surface area is 125 Å². The second kappa shape index (κ2) is 6.88. The summed E-state index contributed by atoms with van der Waals surface area (Å²) in [4.78, 5) is 14.7. The zero-order chi connectivity index (χ0) is 16.1. The Hall–Kier alpha value is -2.64. The number of benzene rings is 1. The van der Waals surface area contributed by atoms with Crippen molar-refractivity contribution in [3.8, 4) is 11.5 Å². The average Bonchev–Trinajstić information content (AvgIpc) is 2.95. The monoisotopic (exact) mass is 311 g/mol. The lowest BCUT2D eigenvalue weighted by atomic mass is 10.3. The third-order valence-corrected chi connectivity index (χ3v) is 2.86. The number of primary amides is 1. The van der Waals surface area contributed by atoms with Gasteiger partial charge in [-0.25, -0.2) is 4.98 Å². The molecule has 0 aliphatic rings. The molecule has 0 unspecified atom stereocenters. The van der Waals surface area contributed by atoms with E-state index in [0.29, 0.717) is 11.5 Å². The fraction of sp³-hybridized carbons (Fsp3) is 0.286. The number of rotatable bonds is 7. The molecule has 6 nitrogen and oxygen atoms in total. The molecule has 1 aromatic carbocycles. The number of carbonyl (C=O) groups is 1. The summed E-state index contributed by atoms with van der Waals surface area (Å²) >= 11 is 0. The van der Waals surface area contributed by atoms with Crippen molar-refractivity contribution in [1.29, 1.82) is 0 Å². The van der Waals surface area contributed by atoms with Crippen molar-refractivity contribution < 1.29 is 23.0 Å². The van der Waals surface area contributed by atoms with E-state index >= 15 is 0 Å². The largest absolute Gasteiger partial charge is 0.486 e. The molecule has 0 saturated heterocycles. The van der Waals surface area contributed by atoms with Crippen molar-refractivity contribution in [3.63, 3.8) is 0 Å². The summed E-state index contributed by atoms with van der Waals surface area (Å²) in [5.41, 5.74) is 5.10. The molecule has 0 fully saturated rings. The highest BCUT2D eigenvalue weighted by molar-refractivity contribution is 5.78. The molecule has 0 aliphatic heterocycles. The fourth-order valence-electron chi connectivity index (χ4n) is 1.66. The van der Waals surface area contributed by atoms with Gasteiger partial charge in [-0.3, -0.25) is 9.36 Å². The molecule has 0 bridgehead atoms. The van der Waals surface area contributed by atoms with Crippen molar-refractivity contribution in [2.24, 2.45) is 5.73 Å². The van der Waals surface area contributed by atoms with Gasteiger partial charge in [0.1, 0.15) is 18.1 Å². The number of carbonyl (C=O) groups excluding carboxylic acids is 1. The molecule has 8 heteroatoms. The molecule has 22 heavy (non-hydrogen) atoms. The second-order valence-corrected chi connectivity index (χ2v) is 4.45. The van der Waals surface area contributed by atoms with Crippen LogP contribution in [-0.4, -0.2) is 21.6 Å². The molecule has 118 valence electrons. The SMILES string of the molecule is C[C@@H](Oc1ccc(OCc2nccn2C(F)F)cc1)C(N)=O. The zero-order valence-corrected chi connectivity index (χ0v) is 11.8. The Morgan fingerprint density at radius 1 is 1.32 bits per heavy atom. The first-order valence-electron chi connectivity index (χ1n) is 6.46. The number of alkyl halides is 2. The Kier molecular flexibility index (Phi) is 4.92. The first-order valence-corrected chi connectivity index (χ1v) is 6.46. The van der Waals surface area contributed by atoms with Crippen LogP contribution in [0.2, 0.25) is 0 Å². The summed E-state index contributed by atoms with van der Waals surface area (Å²) in [6, 6.07) is 6.38. The van der Waals surface area contributed by atoms with Gasteiger partial charge in [0.15, 0.2) is 11.9 Å². The lowest BCUT2D eigenvalue weighted by Gasteiger charge is -2.12. The summed E-state index contributed by atoms with van der Waals surface area (Å²) < 4.78 is 36.7. The van der Waals surface area contributed by atoms with Crippen LogP contribution in [0.4, 0.5) is 8.78 Å². The van der Waals surface area contributed by atoms with E-state index in [4.69, 9.17) is 15.2 Å². The van der Waals surface area contributed by atoms with Crippen LogP contribution < -0.4 is 15.2 Å². The van der Waals surface area contributed by atoms with Gasteiger partial charge in [0.25, 0.3) is 5.91 Å². The van der Waals surface area contributed by atoms with E-state index in [1.165, 1.54) is 19.3 Å². The van der Waals surface area contributed by atoms with Crippen molar-refractivity contribution in [3.05, 3.63) is 42.5 Å². The van der Waals surface area contributed by atoms with Gasteiger partial charge in [0.05, 0.1) is 0 Å². The number of aromatic nitrogens is 2. The van der Waals surface area contributed by atoms with Gasteiger partial charge in [-0.2, -0.15) is 8.78 Å². The van der Waals surface area contributed by atoms with Gasteiger partial charge in [-0.05, 0) is 31.2 Å². The minimum Gasteiger partial charge on any atom is -0.486 e. The molecule has 0 saturated carbocycles. The fourth-order valence-corrected chi connectivity index (χ4v) is 1.66. The average molecular weight is 311 g/mol. The molecule has 2 rings (SSSR count). The number of imidazole rings is 1. The van der Waals surface area contributed by atoms with Gasteiger partial charge in [-0.15, -0.1) is 0 Å². The Bertz CT molecular complexity index is 629. The summed E-state index contributed by atoms with van der Waals surface area (Å²) in [6.07, 6.45) is 1.73. The lowest BCUT2D eigenvalue weighted by molar-refractivity contribution is -0.123. The van der Waals surface area contributed by atoms with Crippen LogP contribution in [0.25, 0.3) is 0 Å². The number of hydrogen-bond acceptors (Lipinski definition) is 4. The van der Waals surface area contributed by atoms with E-state index in [9.17, 15) is 13.6 Å². The molecule has 0 spiro atoms. The van der Waals surface area contributed by atoms with Crippen molar-refractivity contribution in [2.45, 2.75) is 26.2 Å². The van der Waals surface area contributed by atoms with Crippen molar-refractivity contribution in [2.75, 3.05) is 0 Å². The molecule has 0 aliphatic carbocycles. The highest BCUT2D eigenvalue weighted by Crippen LogP contribution is 2.20. The van der Waals surface area contributed by atoms with Gasteiger partial charge in [-0.1, -0.05) is 0 Å². The van der Waals surface area contributed by atoms with E-state index < -0.39 is 18.6 Å². The maximum absolute atomic E-state index is 12.6. The number of halogens is 2. The van der Waals surface area contributed by atoms with E-state index in [1.807, 2.05) is 0 Å². The van der Waals surface area contributed by atoms with Crippen molar-refractivity contribution in [1.82, 2.24) is 9.55 Å². The molecule has 1 atom stereocenters. The predicted molar refractivity (Wildman–Crippen MR) is 73.5 cm³/mol. The molecule has 1 aromatic heterocycles. The highest BCUT2D eigenvalue weighted by atomic mass is 19.3. The van der Waals surface area contributed by atoms with E-state index in [0.717, 1.165) is 4.57 Å². The zero-order valence-electron chi connectivity index (χ0n) is 11.8. The Morgan fingerprint density at radius 3 is 2.55 bits per heavy atom. The summed E-state index contributed by atoms with van der Waals surface area (Å²) in [7, 11) is 0. The molecular weight excluding hydrogens is 296 g/mol. The maximum atomic E-state index is 12.6. The van der Waals surface area contributed by atoms with Gasteiger partial charge in [0.2, 0.25) is 0 Å². The molecule has 1 heterocycles. The van der Waals surface area contributed by atoms with Gasteiger partial charge in [0, 0.05) is 12.4 Å². The predicted octanol–water partition coefficient (Wildman–Crippen LogP) is 2.11. The lowest BCUT2D eigenvalue weighted by Crippen LogP contribution is -2.30. The van der Waals surface area contributed by atoms with Gasteiger partial charge < -0.3 is 15.2 Å². The third kappa shape index (κ3) is 3.94. The minimum atomic E-state index is -2.66. The van der Waals surface area contributed by atoms with Crippen LogP contribution in [-0.2, 0) is 11.4 Å². The maximum Gasteiger partial charge on any atom is 0.320 e. The van der Waals surface area contributed by atoms with Gasteiger partial charge >= 0.3 is 6.55 Å². The van der Waals surface area contributed by atoms with Crippen LogP contribution in [0, 0.1) is 0 Å². The summed E-state index contributed by atoms with van der Waals surface area (Å²) in [5.74, 6) is 0.465. The molecule has 1 amide bonds.